The first-order valence-corrected chi connectivity index (χ1v) is 6.17. The summed E-state index contributed by atoms with van der Waals surface area (Å²) in [6.45, 7) is 6.32. The lowest BCUT2D eigenvalue weighted by Gasteiger charge is -2.04. The van der Waals surface area contributed by atoms with Crippen molar-refractivity contribution >= 4 is 24.1 Å². The largest absolute Gasteiger partial charge is 0.354 e. The molecule has 0 unspecified atom stereocenters. The number of nitrogens with two attached hydrogens (primary N) is 1. The molecule has 19 heavy (non-hydrogen) atoms. The number of carbonyl (C=O) groups is 2. The van der Waals surface area contributed by atoms with E-state index in [9.17, 15) is 9.59 Å². The maximum absolute atomic E-state index is 11.9. The number of aromatic amines is 1. The van der Waals surface area contributed by atoms with Crippen LogP contribution >= 0.6 is 12.4 Å². The maximum Gasteiger partial charge on any atom is 0.268 e. The van der Waals surface area contributed by atoms with Crippen molar-refractivity contribution in [1.29, 1.82) is 0 Å². The van der Waals surface area contributed by atoms with Crippen molar-refractivity contribution in [2.24, 2.45) is 5.73 Å². The van der Waals surface area contributed by atoms with Crippen molar-refractivity contribution < 1.29 is 9.59 Å². The number of aromatic nitrogens is 1. The first kappa shape index (κ1) is 17.7. The number of amides is 1. The van der Waals surface area contributed by atoms with Gasteiger partial charge in [0.05, 0.1) is 0 Å². The first-order chi connectivity index (χ1) is 8.49. The molecule has 1 aromatic heterocycles. The zero-order chi connectivity index (χ0) is 13.7. The number of hydrogen-bond donors (Lipinski definition) is 3. The maximum atomic E-state index is 11.9. The highest BCUT2D eigenvalue weighted by atomic mass is 35.5. The van der Waals surface area contributed by atoms with E-state index in [1.807, 2.05) is 0 Å². The fourth-order valence-electron chi connectivity index (χ4n) is 2.06. The number of Topliss-reactive ketones (excluding diaryl/α,β-unsaturated/α-hetero) is 1. The van der Waals surface area contributed by atoms with Gasteiger partial charge in [0.1, 0.15) is 5.69 Å². The molecule has 0 aliphatic rings. The lowest BCUT2D eigenvalue weighted by Crippen LogP contribution is -2.26. The summed E-state index contributed by atoms with van der Waals surface area (Å²) in [5.41, 5.74) is 7.93. The van der Waals surface area contributed by atoms with Gasteiger partial charge in [-0.15, -0.1) is 12.4 Å². The fourth-order valence-corrected chi connectivity index (χ4v) is 2.06. The van der Waals surface area contributed by atoms with Crippen LogP contribution in [0, 0.1) is 13.8 Å². The van der Waals surface area contributed by atoms with Gasteiger partial charge < -0.3 is 16.0 Å². The molecule has 0 aromatic carbocycles. The Bertz CT molecular complexity index is 455. The van der Waals surface area contributed by atoms with Crippen molar-refractivity contribution in [2.75, 3.05) is 13.1 Å². The number of halogens is 1. The first-order valence-electron chi connectivity index (χ1n) is 6.17. The molecule has 1 aromatic rings. The molecule has 108 valence electrons. The third-order valence-corrected chi connectivity index (χ3v) is 2.93. The minimum absolute atomic E-state index is 0. The van der Waals surface area contributed by atoms with Gasteiger partial charge in [0, 0.05) is 17.8 Å². The summed E-state index contributed by atoms with van der Waals surface area (Å²) in [7, 11) is 0. The van der Waals surface area contributed by atoms with Crippen LogP contribution in [0.4, 0.5) is 0 Å². The van der Waals surface area contributed by atoms with E-state index in [4.69, 9.17) is 5.73 Å². The Morgan fingerprint density at radius 3 is 2.37 bits per heavy atom. The topological polar surface area (TPSA) is 88.0 Å². The third kappa shape index (κ3) is 4.36. The Morgan fingerprint density at radius 1 is 1.26 bits per heavy atom. The number of aryl methyl sites for hydroxylation is 1. The summed E-state index contributed by atoms with van der Waals surface area (Å²) < 4.78 is 0. The summed E-state index contributed by atoms with van der Waals surface area (Å²) in [6.07, 6.45) is 1.75. The lowest BCUT2D eigenvalue weighted by atomic mass is 10.1. The monoisotopic (exact) mass is 287 g/mol. The fraction of sp³-hybridized carbons (Fsp3) is 0.538. The molecule has 0 spiro atoms. The van der Waals surface area contributed by atoms with E-state index in [1.54, 1.807) is 13.8 Å². The molecule has 0 aliphatic carbocycles. The summed E-state index contributed by atoms with van der Waals surface area (Å²) in [6, 6.07) is 0. The number of rotatable bonds is 6. The van der Waals surface area contributed by atoms with Gasteiger partial charge in [-0.3, -0.25) is 9.59 Å². The highest BCUT2D eigenvalue weighted by molar-refractivity contribution is 6.02. The van der Waals surface area contributed by atoms with Crippen LogP contribution in [0.2, 0.25) is 0 Å². The van der Waals surface area contributed by atoms with Crippen LogP contribution in [0.15, 0.2) is 0 Å². The molecule has 1 amide bonds. The highest BCUT2D eigenvalue weighted by Crippen LogP contribution is 2.18. The van der Waals surface area contributed by atoms with Crippen molar-refractivity contribution in [3.63, 3.8) is 0 Å². The van der Waals surface area contributed by atoms with Crippen LogP contribution < -0.4 is 11.1 Å². The van der Waals surface area contributed by atoms with Crippen LogP contribution in [0.5, 0.6) is 0 Å². The molecule has 0 atom stereocenters. The zero-order valence-electron chi connectivity index (χ0n) is 11.6. The SMILES string of the molecule is CC(=O)c1c(C)[nH]c(C(=O)NCCCCN)c1C.Cl. The third-order valence-electron chi connectivity index (χ3n) is 2.93. The van der Waals surface area contributed by atoms with E-state index in [-0.39, 0.29) is 24.1 Å². The van der Waals surface area contributed by atoms with Gasteiger partial charge in [0.15, 0.2) is 5.78 Å². The molecule has 6 heteroatoms. The minimum Gasteiger partial charge on any atom is -0.354 e. The van der Waals surface area contributed by atoms with Crippen LogP contribution in [-0.4, -0.2) is 29.8 Å². The average molecular weight is 288 g/mol. The molecular weight excluding hydrogens is 266 g/mol. The molecule has 4 N–H and O–H groups in total. The standard InChI is InChI=1S/C13H21N3O2.ClH/c1-8-11(10(3)17)9(2)16-12(8)13(18)15-7-5-4-6-14;/h16H,4-7,14H2,1-3H3,(H,15,18);1H. The van der Waals surface area contributed by atoms with Crippen LogP contribution in [-0.2, 0) is 0 Å². The number of hydrogen-bond acceptors (Lipinski definition) is 3. The second kappa shape index (κ2) is 7.96. The molecule has 1 rings (SSSR count). The number of carbonyl (C=O) groups excluding carboxylic acids is 2. The highest BCUT2D eigenvalue weighted by Gasteiger charge is 2.19. The Kier molecular flexibility index (Phi) is 7.41. The molecule has 0 radical (unpaired) electrons. The van der Waals surface area contributed by atoms with Gasteiger partial charge in [-0.25, -0.2) is 0 Å². The van der Waals surface area contributed by atoms with Crippen LogP contribution in [0.1, 0.15) is 51.9 Å². The lowest BCUT2D eigenvalue weighted by molar-refractivity contribution is 0.0947. The Balaban J connectivity index is 0.00000324. The second-order valence-electron chi connectivity index (χ2n) is 4.43. The van der Waals surface area contributed by atoms with Crippen molar-refractivity contribution in [3.8, 4) is 0 Å². The zero-order valence-corrected chi connectivity index (χ0v) is 12.4. The van der Waals surface area contributed by atoms with E-state index in [1.165, 1.54) is 6.92 Å². The normalized spacial score (nSPS) is 9.89. The second-order valence-corrected chi connectivity index (χ2v) is 4.43. The minimum atomic E-state index is -0.167. The van der Waals surface area contributed by atoms with Gasteiger partial charge in [0.2, 0.25) is 0 Å². The molecular formula is C13H22ClN3O2. The van der Waals surface area contributed by atoms with Crippen molar-refractivity contribution in [2.45, 2.75) is 33.6 Å². The van der Waals surface area contributed by atoms with Crippen LogP contribution in [0.25, 0.3) is 0 Å². The van der Waals surface area contributed by atoms with Gasteiger partial charge in [0.25, 0.3) is 5.91 Å². The smallest absolute Gasteiger partial charge is 0.268 e. The number of H-pyrrole nitrogens is 1. The molecule has 0 bridgehead atoms. The average Bonchev–Trinajstić information content (AvgIpc) is 2.60. The van der Waals surface area contributed by atoms with Gasteiger partial charge in [-0.1, -0.05) is 0 Å². The Morgan fingerprint density at radius 2 is 1.89 bits per heavy atom. The summed E-state index contributed by atoms with van der Waals surface area (Å²) in [5, 5.41) is 2.82. The molecule has 5 nitrogen and oxygen atoms in total. The van der Waals surface area contributed by atoms with E-state index < -0.39 is 0 Å². The van der Waals surface area contributed by atoms with E-state index in [2.05, 4.69) is 10.3 Å². The Hall–Kier alpha value is -1.33. The molecule has 0 aliphatic heterocycles. The number of nitrogens with one attached hydrogen (secondary N) is 2. The summed E-state index contributed by atoms with van der Waals surface area (Å²) in [5.74, 6) is -0.191. The summed E-state index contributed by atoms with van der Waals surface area (Å²) in [4.78, 5) is 26.4. The van der Waals surface area contributed by atoms with Gasteiger partial charge >= 0.3 is 0 Å². The molecule has 0 saturated heterocycles. The number of ketones is 1. The Labute approximate surface area is 119 Å². The van der Waals surface area contributed by atoms with E-state index in [0.29, 0.717) is 24.3 Å². The number of unbranched alkanes of at least 4 members (excludes halogenated alkanes) is 1. The van der Waals surface area contributed by atoms with E-state index in [0.717, 1.165) is 24.1 Å². The van der Waals surface area contributed by atoms with Gasteiger partial charge in [-0.05, 0) is 45.7 Å². The van der Waals surface area contributed by atoms with Gasteiger partial charge in [-0.2, -0.15) is 0 Å². The predicted molar refractivity (Wildman–Crippen MR) is 78.1 cm³/mol. The quantitative estimate of drug-likeness (QED) is 0.550. The van der Waals surface area contributed by atoms with E-state index >= 15 is 0 Å². The molecule has 0 fully saturated rings. The molecule has 0 saturated carbocycles. The summed E-state index contributed by atoms with van der Waals surface area (Å²) >= 11 is 0. The molecule has 1 heterocycles. The van der Waals surface area contributed by atoms with Crippen LogP contribution in [0.3, 0.4) is 0 Å². The van der Waals surface area contributed by atoms with Crippen molar-refractivity contribution in [3.05, 3.63) is 22.5 Å². The van der Waals surface area contributed by atoms with Crippen molar-refractivity contribution in [1.82, 2.24) is 10.3 Å². The predicted octanol–water partition coefficient (Wildman–Crippen LogP) is 1.72.